The molecule has 0 saturated heterocycles. The quantitative estimate of drug-likeness (QED) is 0.119. The molecule has 236 valence electrons. The van der Waals surface area contributed by atoms with Crippen molar-refractivity contribution < 1.29 is 27.0 Å². The lowest BCUT2D eigenvalue weighted by Crippen LogP contribution is -2.24. The summed E-state index contributed by atoms with van der Waals surface area (Å²) in [6.07, 6.45) is -4.93. The number of hydrogen-bond acceptors (Lipinski definition) is 6. The Morgan fingerprint density at radius 1 is 0.870 bits per heavy atom. The van der Waals surface area contributed by atoms with Gasteiger partial charge in [-0.25, -0.2) is 14.4 Å². The summed E-state index contributed by atoms with van der Waals surface area (Å²) in [5.41, 5.74) is -1.81. The van der Waals surface area contributed by atoms with Gasteiger partial charge in [0.05, 0.1) is 41.1 Å². The molecule has 0 fully saturated rings. The summed E-state index contributed by atoms with van der Waals surface area (Å²) in [5.74, 6) is 0.176. The number of nitriles is 1. The first-order valence-corrected chi connectivity index (χ1v) is 14.7. The monoisotopic (exact) mass is 688 g/mol. The molecule has 46 heavy (non-hydrogen) atoms. The Bertz CT molecular complexity index is 1930. The molecule has 0 aliphatic rings. The SMILES string of the molecule is COc1ccc(CN(Cc2ccc(OC)cc2)c2cc(C)c(C(F)(F)F)c(-c3c(Cl)cc4c(Cl)c(C#N)c(Cl)nc4c3F)n2)cc1. The van der Waals surface area contributed by atoms with E-state index in [9.17, 15) is 18.4 Å². The minimum absolute atomic E-state index is 0.0871. The van der Waals surface area contributed by atoms with Gasteiger partial charge in [0, 0.05) is 18.5 Å². The molecular weight excluding hydrogens is 667 g/mol. The van der Waals surface area contributed by atoms with E-state index in [2.05, 4.69) is 9.97 Å². The predicted molar refractivity (Wildman–Crippen MR) is 170 cm³/mol. The van der Waals surface area contributed by atoms with Crippen LogP contribution >= 0.6 is 34.8 Å². The highest BCUT2D eigenvalue weighted by atomic mass is 35.5. The number of halogens is 7. The molecule has 13 heteroatoms. The molecule has 6 nitrogen and oxygen atoms in total. The number of benzene rings is 3. The first kappa shape index (κ1) is 33.1. The van der Waals surface area contributed by atoms with Gasteiger partial charge >= 0.3 is 6.18 Å². The van der Waals surface area contributed by atoms with E-state index in [4.69, 9.17) is 44.3 Å². The largest absolute Gasteiger partial charge is 0.497 e. The Hall–Kier alpha value is -4.30. The molecule has 0 aliphatic heterocycles. The van der Waals surface area contributed by atoms with E-state index in [1.54, 1.807) is 49.5 Å². The second kappa shape index (κ2) is 13.2. The highest BCUT2D eigenvalue weighted by Gasteiger charge is 2.39. The first-order chi connectivity index (χ1) is 21.9. The van der Waals surface area contributed by atoms with Gasteiger partial charge in [0.1, 0.15) is 39.6 Å². The average molecular weight is 690 g/mol. The highest BCUT2D eigenvalue weighted by Crippen LogP contribution is 2.45. The van der Waals surface area contributed by atoms with E-state index in [0.29, 0.717) is 11.5 Å². The molecule has 2 heterocycles. The highest BCUT2D eigenvalue weighted by molar-refractivity contribution is 6.41. The Morgan fingerprint density at radius 3 is 1.89 bits per heavy atom. The molecule has 0 N–H and O–H groups in total. The number of nitrogens with zero attached hydrogens (tertiary/aromatic N) is 4. The standard InChI is InChI=1S/C33H23Cl3F4N4O2/c1-17-12-25(44(15-18-4-8-20(45-2)9-5-18)16-19-6-10-21(46-3)11-7-19)42-31(27(17)33(38,39)40)26-24(34)13-22-28(35)23(14-41)32(36)43-30(22)29(26)37/h4-13H,15-16H2,1-3H3. The minimum Gasteiger partial charge on any atom is -0.497 e. The van der Waals surface area contributed by atoms with Crippen LogP contribution in [0.15, 0.2) is 60.7 Å². The number of aromatic nitrogens is 2. The molecule has 0 spiro atoms. The molecule has 5 aromatic rings. The number of anilines is 1. The summed E-state index contributed by atoms with van der Waals surface area (Å²) < 4.78 is 70.7. The van der Waals surface area contributed by atoms with Gasteiger partial charge < -0.3 is 14.4 Å². The van der Waals surface area contributed by atoms with E-state index >= 15 is 4.39 Å². The molecule has 0 aliphatic carbocycles. The Morgan fingerprint density at radius 2 is 1.41 bits per heavy atom. The van der Waals surface area contributed by atoms with Gasteiger partial charge in [-0.2, -0.15) is 18.4 Å². The van der Waals surface area contributed by atoms with Gasteiger partial charge in [0.2, 0.25) is 0 Å². The number of ether oxygens (including phenoxy) is 2. The van der Waals surface area contributed by atoms with Crippen molar-refractivity contribution in [2.75, 3.05) is 19.1 Å². The zero-order valence-electron chi connectivity index (χ0n) is 24.4. The Kier molecular flexibility index (Phi) is 9.49. The van der Waals surface area contributed by atoms with Crippen molar-refractivity contribution in [1.29, 1.82) is 5.26 Å². The fourth-order valence-corrected chi connectivity index (χ4v) is 5.88. The van der Waals surface area contributed by atoms with Crippen LogP contribution < -0.4 is 14.4 Å². The summed E-state index contributed by atoms with van der Waals surface area (Å²) in [6.45, 7) is 1.73. The lowest BCUT2D eigenvalue weighted by atomic mass is 9.98. The van der Waals surface area contributed by atoms with E-state index < -0.39 is 44.5 Å². The Labute approximate surface area is 276 Å². The third-order valence-electron chi connectivity index (χ3n) is 7.29. The fraction of sp³-hybridized carbons (Fsp3) is 0.182. The zero-order chi connectivity index (χ0) is 33.3. The number of aryl methyl sites for hydroxylation is 1. The van der Waals surface area contributed by atoms with E-state index in [0.717, 1.165) is 17.2 Å². The molecule has 0 amide bonds. The first-order valence-electron chi connectivity index (χ1n) is 13.5. The molecule has 0 radical (unpaired) electrons. The maximum Gasteiger partial charge on any atom is 0.418 e. The molecule has 3 aromatic carbocycles. The summed E-state index contributed by atoms with van der Waals surface area (Å²) in [7, 11) is 3.08. The van der Waals surface area contributed by atoms with Crippen molar-refractivity contribution in [2.24, 2.45) is 0 Å². The minimum atomic E-state index is -4.93. The molecule has 2 aromatic heterocycles. The van der Waals surface area contributed by atoms with Crippen LogP contribution in [0.1, 0.15) is 27.8 Å². The van der Waals surface area contributed by atoms with Crippen LogP contribution in [0.3, 0.4) is 0 Å². The van der Waals surface area contributed by atoms with Crippen molar-refractivity contribution in [3.8, 4) is 28.8 Å². The number of pyridine rings is 2. The zero-order valence-corrected chi connectivity index (χ0v) is 26.7. The van der Waals surface area contributed by atoms with E-state index in [1.165, 1.54) is 13.0 Å². The smallest absolute Gasteiger partial charge is 0.418 e. The molecular formula is C33H23Cl3F4N4O2. The maximum atomic E-state index is 16.3. The number of fused-ring (bicyclic) bond motifs is 1. The van der Waals surface area contributed by atoms with Gasteiger partial charge in [-0.3, -0.25) is 0 Å². The topological polar surface area (TPSA) is 71.3 Å². The summed E-state index contributed by atoms with van der Waals surface area (Å²) in [6, 6.07) is 18.6. The van der Waals surface area contributed by atoms with Crippen LogP contribution in [0.4, 0.5) is 23.4 Å². The molecule has 0 saturated carbocycles. The second-order valence-electron chi connectivity index (χ2n) is 10.2. The lowest BCUT2D eigenvalue weighted by Gasteiger charge is -2.27. The molecule has 0 unspecified atom stereocenters. The van der Waals surface area contributed by atoms with E-state index in [1.807, 2.05) is 24.3 Å². The van der Waals surface area contributed by atoms with Crippen LogP contribution in [-0.2, 0) is 19.3 Å². The molecule has 5 rings (SSSR count). The van der Waals surface area contributed by atoms with Crippen molar-refractivity contribution in [3.05, 3.63) is 109 Å². The lowest BCUT2D eigenvalue weighted by molar-refractivity contribution is -0.137. The van der Waals surface area contributed by atoms with E-state index in [-0.39, 0.29) is 40.4 Å². The summed E-state index contributed by atoms with van der Waals surface area (Å²) >= 11 is 18.8. The van der Waals surface area contributed by atoms with Crippen LogP contribution in [0, 0.1) is 24.1 Å². The van der Waals surface area contributed by atoms with Crippen molar-refractivity contribution in [2.45, 2.75) is 26.2 Å². The summed E-state index contributed by atoms with van der Waals surface area (Å²) in [5, 5.41) is 8.25. The number of hydrogen-bond donors (Lipinski definition) is 0. The molecule has 0 atom stereocenters. The normalized spacial score (nSPS) is 11.4. The van der Waals surface area contributed by atoms with Gasteiger partial charge in [-0.15, -0.1) is 0 Å². The van der Waals surface area contributed by atoms with Gasteiger partial charge in [0.15, 0.2) is 5.82 Å². The van der Waals surface area contributed by atoms with Gasteiger partial charge in [-0.05, 0) is 60.0 Å². The Balaban J connectivity index is 1.74. The maximum absolute atomic E-state index is 16.3. The van der Waals surface area contributed by atoms with Crippen LogP contribution in [0.2, 0.25) is 15.2 Å². The summed E-state index contributed by atoms with van der Waals surface area (Å²) in [4.78, 5) is 10.1. The fourth-order valence-electron chi connectivity index (χ4n) is 5.05. The number of methoxy groups -OCH3 is 2. The van der Waals surface area contributed by atoms with Crippen molar-refractivity contribution in [3.63, 3.8) is 0 Å². The van der Waals surface area contributed by atoms with Gasteiger partial charge in [0.25, 0.3) is 0 Å². The molecule has 0 bridgehead atoms. The van der Waals surface area contributed by atoms with Crippen LogP contribution in [0.25, 0.3) is 22.2 Å². The van der Waals surface area contributed by atoms with Crippen LogP contribution in [-0.4, -0.2) is 24.2 Å². The second-order valence-corrected chi connectivity index (χ2v) is 11.4. The average Bonchev–Trinajstić information content (AvgIpc) is 3.01. The number of alkyl halides is 3. The van der Waals surface area contributed by atoms with Crippen molar-refractivity contribution >= 4 is 51.5 Å². The van der Waals surface area contributed by atoms with Gasteiger partial charge in [-0.1, -0.05) is 59.1 Å². The van der Waals surface area contributed by atoms with Crippen molar-refractivity contribution in [1.82, 2.24) is 9.97 Å². The third-order valence-corrected chi connectivity index (χ3v) is 8.25. The number of rotatable bonds is 8. The predicted octanol–water partition coefficient (Wildman–Crippen LogP) is 9.82. The third kappa shape index (κ3) is 6.49. The van der Waals surface area contributed by atoms with Crippen LogP contribution in [0.5, 0.6) is 11.5 Å².